The fourth-order valence-electron chi connectivity index (χ4n) is 3.34. The minimum Gasteiger partial charge on any atom is -0.504 e. The highest BCUT2D eigenvalue weighted by molar-refractivity contribution is 7.89. The van der Waals surface area contributed by atoms with Gasteiger partial charge >= 0.3 is 0 Å². The molecular formula is C19H24ClN3O5S. The molecule has 0 aromatic heterocycles. The first-order chi connectivity index (χ1) is 15.5. The third-order valence-corrected chi connectivity index (χ3v) is 7.37. The van der Waals surface area contributed by atoms with Crippen LogP contribution in [0, 0.1) is 0 Å². The number of nitrogens with one attached hydrogen (secondary N) is 2. The molecule has 8 nitrogen and oxygen atoms in total. The van der Waals surface area contributed by atoms with Crippen LogP contribution in [0.3, 0.4) is 0 Å². The zero-order valence-corrected chi connectivity index (χ0v) is 17.4. The number of phenolic OH excluding ortho intramolecular Hbond substituents is 1. The Balaban J connectivity index is 2.05. The van der Waals surface area contributed by atoms with Crippen molar-refractivity contribution in [3.05, 3.63) is 37.6 Å². The molecule has 3 rings (SSSR count). The first kappa shape index (κ1) is 15.7. The highest BCUT2D eigenvalue weighted by Gasteiger charge is 2.36. The van der Waals surface area contributed by atoms with Gasteiger partial charge in [-0.15, -0.1) is 0 Å². The second-order valence-electron chi connectivity index (χ2n) is 7.13. The molecule has 158 valence electrons. The Morgan fingerprint density at radius 3 is 2.45 bits per heavy atom. The first-order valence-corrected chi connectivity index (χ1v) is 10.6. The quantitative estimate of drug-likeness (QED) is 0.442. The normalized spacial score (nSPS) is 19.9. The van der Waals surface area contributed by atoms with E-state index >= 15 is 0 Å². The lowest BCUT2D eigenvalue weighted by molar-refractivity contribution is 0.454. The van der Waals surface area contributed by atoms with Gasteiger partial charge in [0.05, 0.1) is 10.7 Å². The molecule has 1 aliphatic carbocycles. The van der Waals surface area contributed by atoms with Gasteiger partial charge in [0.1, 0.15) is 16.3 Å². The summed E-state index contributed by atoms with van der Waals surface area (Å²) >= 11 is 5.99. The maximum absolute atomic E-state index is 12.6. The Labute approximate surface area is 181 Å². The molecule has 1 fully saturated rings. The Kier molecular flexibility index (Phi) is 4.13. The smallest absolute Gasteiger partial charge is 0.253 e. The van der Waals surface area contributed by atoms with E-state index in [0.29, 0.717) is 12.8 Å². The second-order valence-corrected chi connectivity index (χ2v) is 9.63. The van der Waals surface area contributed by atoms with Gasteiger partial charge in [-0.05, 0) is 31.3 Å². The third kappa shape index (κ3) is 3.62. The minimum atomic E-state index is -4.17. The molecule has 10 heteroatoms. The van der Waals surface area contributed by atoms with Crippen LogP contribution in [0.4, 0.5) is 17.1 Å². The number of halogens is 1. The molecule has 29 heavy (non-hydrogen) atoms. The standard InChI is InChI=1S/C19H24ClN3O5S/c1-4-19(9-5-6-10-19)22-14-13(16(25)17(14)26)21-12-8-7-11(20)18(15(12)24)29(27,28)23(2)3/h7-8,21-22,24H,4-6,9-10H2,1-3H3/i1D3,4D2. The van der Waals surface area contributed by atoms with Crippen LogP contribution >= 0.6 is 11.6 Å². The average Bonchev–Trinajstić information content (AvgIpc) is 3.21. The zero-order valence-electron chi connectivity index (χ0n) is 20.8. The molecule has 0 aliphatic heterocycles. The van der Waals surface area contributed by atoms with Crippen molar-refractivity contribution in [2.45, 2.75) is 49.3 Å². The van der Waals surface area contributed by atoms with Gasteiger partial charge < -0.3 is 15.7 Å². The summed E-state index contributed by atoms with van der Waals surface area (Å²) in [5, 5.41) is 15.6. The van der Waals surface area contributed by atoms with Gasteiger partial charge in [0, 0.05) is 26.5 Å². The number of aromatic hydroxyl groups is 1. The fourth-order valence-corrected chi connectivity index (χ4v) is 4.82. The van der Waals surface area contributed by atoms with E-state index in [4.69, 9.17) is 18.5 Å². The van der Waals surface area contributed by atoms with E-state index in [9.17, 15) is 23.1 Å². The lowest BCUT2D eigenvalue weighted by Crippen LogP contribution is -2.43. The van der Waals surface area contributed by atoms with Crippen molar-refractivity contribution in [2.75, 3.05) is 24.7 Å². The van der Waals surface area contributed by atoms with E-state index < -0.39 is 50.3 Å². The van der Waals surface area contributed by atoms with E-state index in [1.807, 2.05) is 0 Å². The van der Waals surface area contributed by atoms with Crippen LogP contribution in [0.5, 0.6) is 5.75 Å². The van der Waals surface area contributed by atoms with Crippen LogP contribution in [-0.2, 0) is 10.0 Å². The molecule has 1 aliphatic rings. The number of nitrogens with zero attached hydrogens (tertiary/aromatic N) is 1. The van der Waals surface area contributed by atoms with Gasteiger partial charge in [-0.25, -0.2) is 12.7 Å². The summed E-state index contributed by atoms with van der Waals surface area (Å²) < 4.78 is 65.5. The van der Waals surface area contributed by atoms with Crippen molar-refractivity contribution in [3.8, 4) is 5.75 Å². The number of sulfonamides is 1. The summed E-state index contributed by atoms with van der Waals surface area (Å²) in [5.41, 5.74) is -4.51. The first-order valence-electron chi connectivity index (χ1n) is 11.3. The summed E-state index contributed by atoms with van der Waals surface area (Å²) in [7, 11) is -1.69. The zero-order chi connectivity index (χ0) is 25.9. The molecule has 1 saturated carbocycles. The van der Waals surface area contributed by atoms with E-state index in [1.165, 1.54) is 26.2 Å². The molecule has 0 radical (unpaired) electrons. The van der Waals surface area contributed by atoms with Gasteiger partial charge in [-0.2, -0.15) is 0 Å². The van der Waals surface area contributed by atoms with Crippen LogP contribution in [0.15, 0.2) is 26.6 Å². The predicted octanol–water partition coefficient (Wildman–Crippen LogP) is 2.77. The Bertz CT molecular complexity index is 1300. The largest absolute Gasteiger partial charge is 0.504 e. The van der Waals surface area contributed by atoms with Crippen LogP contribution in [0.2, 0.25) is 5.02 Å². The van der Waals surface area contributed by atoms with Crippen molar-refractivity contribution >= 4 is 38.7 Å². The highest BCUT2D eigenvalue weighted by atomic mass is 35.5. The molecule has 0 saturated heterocycles. The molecule has 0 bridgehead atoms. The predicted molar refractivity (Wildman–Crippen MR) is 114 cm³/mol. The monoisotopic (exact) mass is 446 g/mol. The van der Waals surface area contributed by atoms with Crippen LogP contribution in [0.1, 0.15) is 45.8 Å². The summed E-state index contributed by atoms with van der Waals surface area (Å²) in [6, 6.07) is 2.39. The van der Waals surface area contributed by atoms with Gasteiger partial charge in [0.15, 0.2) is 5.75 Å². The molecule has 2 aromatic carbocycles. The molecule has 2 aromatic rings. The highest BCUT2D eigenvalue weighted by Crippen LogP contribution is 2.41. The van der Waals surface area contributed by atoms with Gasteiger partial charge in [0.2, 0.25) is 10.0 Å². The topological polar surface area (TPSA) is 116 Å². The molecule has 0 heterocycles. The summed E-state index contributed by atoms with van der Waals surface area (Å²) in [4.78, 5) is 24.1. The van der Waals surface area contributed by atoms with E-state index in [0.717, 1.165) is 4.31 Å². The lowest BCUT2D eigenvalue weighted by atomic mass is 9.93. The summed E-state index contributed by atoms with van der Waals surface area (Å²) in [6.07, 6.45) is -1.44. The molecule has 3 N–H and O–H groups in total. The van der Waals surface area contributed by atoms with Crippen molar-refractivity contribution in [3.63, 3.8) is 0 Å². The fraction of sp³-hybridized carbons (Fsp3) is 0.474. The van der Waals surface area contributed by atoms with Crippen molar-refractivity contribution in [1.29, 1.82) is 0 Å². The molecular weight excluding hydrogens is 418 g/mol. The van der Waals surface area contributed by atoms with E-state index in [2.05, 4.69) is 10.6 Å². The summed E-state index contributed by atoms with van der Waals surface area (Å²) in [5.74, 6) is -0.784. The Hall–Kier alpha value is -2.10. The average molecular weight is 447 g/mol. The molecule has 0 amide bonds. The lowest BCUT2D eigenvalue weighted by Gasteiger charge is -2.31. The van der Waals surface area contributed by atoms with Crippen LogP contribution in [-0.4, -0.2) is 37.5 Å². The maximum atomic E-state index is 12.6. The second kappa shape index (κ2) is 7.62. The number of hydrogen-bond donors (Lipinski definition) is 3. The number of phenols is 1. The third-order valence-electron chi connectivity index (χ3n) is 5.05. The maximum Gasteiger partial charge on any atom is 0.253 e. The van der Waals surface area contributed by atoms with Gasteiger partial charge in [-0.1, -0.05) is 31.3 Å². The van der Waals surface area contributed by atoms with Crippen molar-refractivity contribution < 1.29 is 20.4 Å². The van der Waals surface area contributed by atoms with E-state index in [-0.39, 0.29) is 34.9 Å². The molecule has 0 atom stereocenters. The van der Waals surface area contributed by atoms with E-state index in [1.54, 1.807) is 0 Å². The SMILES string of the molecule is [2H]C([2H])([2H])C([2H])([2H])C1(Nc2c(Nc3ccc(Cl)c(S(=O)(=O)N(C)C)c3O)c(=O)c2=O)CCCC1. The van der Waals surface area contributed by atoms with Gasteiger partial charge in [-0.3, -0.25) is 9.59 Å². The summed E-state index contributed by atoms with van der Waals surface area (Å²) in [6.45, 7) is -3.00. The van der Waals surface area contributed by atoms with Crippen LogP contribution in [0.25, 0.3) is 0 Å². The van der Waals surface area contributed by atoms with Gasteiger partial charge in [0.25, 0.3) is 10.9 Å². The number of benzene rings is 1. The number of rotatable bonds is 7. The van der Waals surface area contributed by atoms with Crippen LogP contribution < -0.4 is 21.5 Å². The van der Waals surface area contributed by atoms with Crippen molar-refractivity contribution in [2.24, 2.45) is 0 Å². The minimum absolute atomic E-state index is 0.119. The molecule has 0 spiro atoms. The number of hydrogen-bond acceptors (Lipinski definition) is 7. The number of anilines is 3. The Morgan fingerprint density at radius 2 is 1.86 bits per heavy atom. The Morgan fingerprint density at radius 1 is 1.24 bits per heavy atom. The molecule has 0 unspecified atom stereocenters. The van der Waals surface area contributed by atoms with Crippen molar-refractivity contribution in [1.82, 2.24) is 4.31 Å².